The summed E-state index contributed by atoms with van der Waals surface area (Å²) in [5, 5.41) is 0. The van der Waals surface area contributed by atoms with Crippen LogP contribution in [-0.4, -0.2) is 29.9 Å². The maximum Gasteiger partial charge on any atom is 0.257 e. The summed E-state index contributed by atoms with van der Waals surface area (Å²) in [4.78, 5) is 26.3. The highest BCUT2D eigenvalue weighted by molar-refractivity contribution is 9.10. The first-order valence-electron chi connectivity index (χ1n) is 10.0. The average molecular weight is 461 g/mol. The second-order valence-electron chi connectivity index (χ2n) is 6.98. The largest absolute Gasteiger partial charge is 0.493 e. The minimum absolute atomic E-state index is 0.111. The molecule has 0 spiro atoms. The van der Waals surface area contributed by atoms with Gasteiger partial charge in [0.2, 0.25) is 5.91 Å². The highest BCUT2D eigenvalue weighted by atomic mass is 79.9. The molecule has 0 atom stereocenters. The molecule has 0 radical (unpaired) electrons. The Morgan fingerprint density at radius 1 is 1.07 bits per heavy atom. The third-order valence-electron chi connectivity index (χ3n) is 4.56. The van der Waals surface area contributed by atoms with Gasteiger partial charge in [-0.25, -0.2) is 0 Å². The fourth-order valence-electron chi connectivity index (χ4n) is 2.98. The minimum Gasteiger partial charge on any atom is -0.493 e. The highest BCUT2D eigenvalue weighted by Crippen LogP contribution is 2.26. The molecular weight excluding hydrogens is 432 g/mol. The van der Waals surface area contributed by atoms with Gasteiger partial charge >= 0.3 is 0 Å². The molecule has 2 amide bonds. The van der Waals surface area contributed by atoms with Gasteiger partial charge in [-0.2, -0.15) is 0 Å². The number of rotatable bonds is 12. The van der Waals surface area contributed by atoms with Crippen LogP contribution in [0.5, 0.6) is 5.75 Å². The summed E-state index contributed by atoms with van der Waals surface area (Å²) in [6.45, 7) is 3.39. The maximum atomic E-state index is 13.3. The summed E-state index contributed by atoms with van der Waals surface area (Å²) in [5.74, 6) is -0.0516. The van der Waals surface area contributed by atoms with Crippen molar-refractivity contribution < 1.29 is 14.3 Å². The molecule has 0 saturated heterocycles. The van der Waals surface area contributed by atoms with E-state index in [9.17, 15) is 9.59 Å². The molecule has 0 aliphatic carbocycles. The van der Waals surface area contributed by atoms with Crippen LogP contribution >= 0.6 is 15.9 Å². The van der Waals surface area contributed by atoms with Crippen LogP contribution in [0.3, 0.4) is 0 Å². The number of nitrogens with two attached hydrogens (primary N) is 1. The summed E-state index contributed by atoms with van der Waals surface area (Å²) >= 11 is 3.44. The molecule has 2 N–H and O–H groups in total. The Hall–Kier alpha value is -2.34. The third-order valence-corrected chi connectivity index (χ3v) is 5.05. The van der Waals surface area contributed by atoms with Gasteiger partial charge in [-0.05, 0) is 30.2 Å². The Balaban J connectivity index is 2.19. The Labute approximate surface area is 181 Å². The van der Waals surface area contributed by atoms with E-state index in [0.29, 0.717) is 24.5 Å². The van der Waals surface area contributed by atoms with Crippen LogP contribution in [-0.2, 0) is 11.3 Å². The van der Waals surface area contributed by atoms with Crippen molar-refractivity contribution in [3.05, 3.63) is 64.1 Å². The maximum absolute atomic E-state index is 13.3. The van der Waals surface area contributed by atoms with Gasteiger partial charge in [0.25, 0.3) is 5.91 Å². The van der Waals surface area contributed by atoms with Crippen LogP contribution in [0.1, 0.15) is 54.9 Å². The number of ether oxygens (including phenoxy) is 1. The van der Waals surface area contributed by atoms with Crippen molar-refractivity contribution in [2.75, 3.05) is 13.2 Å². The van der Waals surface area contributed by atoms with Gasteiger partial charge in [-0.15, -0.1) is 0 Å². The first-order chi connectivity index (χ1) is 14.0. The number of amides is 2. The summed E-state index contributed by atoms with van der Waals surface area (Å²) in [6.07, 6.45) is 4.51. The lowest BCUT2D eigenvalue weighted by molar-refractivity contribution is -0.118. The van der Waals surface area contributed by atoms with Gasteiger partial charge in [-0.1, -0.05) is 72.4 Å². The number of halogens is 1. The van der Waals surface area contributed by atoms with E-state index >= 15 is 0 Å². The Morgan fingerprint density at radius 3 is 2.52 bits per heavy atom. The van der Waals surface area contributed by atoms with E-state index in [0.717, 1.165) is 29.3 Å². The van der Waals surface area contributed by atoms with Crippen molar-refractivity contribution in [2.24, 2.45) is 5.73 Å². The molecule has 0 saturated carbocycles. The van der Waals surface area contributed by atoms with Crippen LogP contribution in [0.2, 0.25) is 0 Å². The zero-order valence-electron chi connectivity index (χ0n) is 16.9. The first-order valence-corrected chi connectivity index (χ1v) is 10.8. The van der Waals surface area contributed by atoms with E-state index in [-0.39, 0.29) is 18.9 Å². The van der Waals surface area contributed by atoms with Crippen molar-refractivity contribution in [3.63, 3.8) is 0 Å². The summed E-state index contributed by atoms with van der Waals surface area (Å²) in [6, 6.07) is 15.1. The van der Waals surface area contributed by atoms with E-state index in [1.165, 1.54) is 6.42 Å². The number of benzene rings is 2. The Kier molecular flexibility index (Phi) is 9.71. The fraction of sp³-hybridized carbons (Fsp3) is 0.391. The highest BCUT2D eigenvalue weighted by Gasteiger charge is 2.21. The van der Waals surface area contributed by atoms with Crippen LogP contribution in [0.15, 0.2) is 53.0 Å². The third kappa shape index (κ3) is 7.89. The van der Waals surface area contributed by atoms with Gasteiger partial charge < -0.3 is 15.4 Å². The van der Waals surface area contributed by atoms with Crippen molar-refractivity contribution >= 4 is 27.7 Å². The normalized spacial score (nSPS) is 10.6. The van der Waals surface area contributed by atoms with E-state index in [4.69, 9.17) is 10.5 Å². The number of carbonyl (C=O) groups is 2. The molecule has 0 fully saturated rings. The standard InChI is InChI=1S/C23H29BrN2O3/c1-2-3-4-8-15-29-21-12-11-19(24)16-20(21)23(28)26(14-13-22(25)27)17-18-9-6-5-7-10-18/h5-7,9-12,16H,2-4,8,13-15,17H2,1H3,(H2,25,27). The lowest BCUT2D eigenvalue weighted by Gasteiger charge is -2.24. The van der Waals surface area contributed by atoms with E-state index in [1.54, 1.807) is 11.0 Å². The number of nitrogens with zero attached hydrogens (tertiary/aromatic N) is 1. The van der Waals surface area contributed by atoms with Gasteiger partial charge in [0.1, 0.15) is 5.75 Å². The zero-order valence-corrected chi connectivity index (χ0v) is 18.5. The molecule has 0 unspecified atom stereocenters. The smallest absolute Gasteiger partial charge is 0.257 e. The van der Waals surface area contributed by atoms with Crippen molar-refractivity contribution in [1.82, 2.24) is 4.90 Å². The van der Waals surface area contributed by atoms with E-state index in [2.05, 4.69) is 22.9 Å². The minimum atomic E-state index is -0.433. The van der Waals surface area contributed by atoms with E-state index in [1.807, 2.05) is 42.5 Å². The molecule has 0 aliphatic rings. The van der Waals surface area contributed by atoms with E-state index < -0.39 is 5.91 Å². The molecule has 29 heavy (non-hydrogen) atoms. The zero-order chi connectivity index (χ0) is 21.1. The Bertz CT molecular complexity index is 796. The molecule has 156 valence electrons. The molecule has 2 rings (SSSR count). The van der Waals surface area contributed by atoms with Crippen molar-refractivity contribution in [3.8, 4) is 5.75 Å². The van der Waals surface area contributed by atoms with Crippen LogP contribution in [0.25, 0.3) is 0 Å². The molecule has 0 aromatic heterocycles. The van der Waals surface area contributed by atoms with Gasteiger partial charge in [0, 0.05) is 24.0 Å². The van der Waals surface area contributed by atoms with Crippen molar-refractivity contribution in [2.45, 2.75) is 45.6 Å². The lowest BCUT2D eigenvalue weighted by Crippen LogP contribution is -2.34. The van der Waals surface area contributed by atoms with Crippen molar-refractivity contribution in [1.29, 1.82) is 0 Å². The topological polar surface area (TPSA) is 72.6 Å². The van der Waals surface area contributed by atoms with Gasteiger partial charge in [0.05, 0.1) is 12.2 Å². The predicted molar refractivity (Wildman–Crippen MR) is 119 cm³/mol. The number of hydrogen-bond donors (Lipinski definition) is 1. The lowest BCUT2D eigenvalue weighted by atomic mass is 10.1. The second kappa shape index (κ2) is 12.3. The molecule has 0 aliphatic heterocycles. The summed E-state index contributed by atoms with van der Waals surface area (Å²) in [5.41, 5.74) is 6.79. The molecule has 0 heterocycles. The van der Waals surface area contributed by atoms with Gasteiger partial charge in [0.15, 0.2) is 0 Å². The summed E-state index contributed by atoms with van der Waals surface area (Å²) < 4.78 is 6.73. The molecule has 2 aromatic rings. The molecule has 2 aromatic carbocycles. The van der Waals surface area contributed by atoms with Gasteiger partial charge in [-0.3, -0.25) is 9.59 Å². The fourth-order valence-corrected chi connectivity index (χ4v) is 3.34. The monoisotopic (exact) mass is 460 g/mol. The number of hydrogen-bond acceptors (Lipinski definition) is 3. The number of primary amides is 1. The quantitative estimate of drug-likeness (QED) is 0.456. The summed E-state index contributed by atoms with van der Waals surface area (Å²) in [7, 11) is 0. The Morgan fingerprint density at radius 2 is 1.83 bits per heavy atom. The molecule has 5 nitrogen and oxygen atoms in total. The van der Waals surface area contributed by atoms with Crippen LogP contribution in [0, 0.1) is 0 Å². The molecule has 6 heteroatoms. The number of unbranched alkanes of at least 4 members (excludes halogenated alkanes) is 3. The van der Waals surface area contributed by atoms with Crippen LogP contribution in [0.4, 0.5) is 0 Å². The van der Waals surface area contributed by atoms with Crippen LogP contribution < -0.4 is 10.5 Å². The first kappa shape index (κ1) is 22.9. The molecular formula is C23H29BrN2O3. The number of carbonyl (C=O) groups excluding carboxylic acids is 2. The molecule has 0 bridgehead atoms. The second-order valence-corrected chi connectivity index (χ2v) is 7.89. The average Bonchev–Trinajstić information content (AvgIpc) is 2.72. The SMILES string of the molecule is CCCCCCOc1ccc(Br)cc1C(=O)N(CCC(N)=O)Cc1ccccc1. The predicted octanol–water partition coefficient (Wildman–Crippen LogP) is 4.93.